The van der Waals surface area contributed by atoms with Gasteiger partial charge in [0.1, 0.15) is 0 Å². The molecule has 2 heterocycles. The maximum Gasteiger partial charge on any atom is 0.233 e. The zero-order valence-electron chi connectivity index (χ0n) is 16.4. The van der Waals surface area contributed by atoms with Crippen molar-refractivity contribution >= 4 is 23.2 Å². The highest BCUT2D eigenvalue weighted by Crippen LogP contribution is 2.24. The molecule has 1 aliphatic heterocycles. The number of amides is 1. The summed E-state index contributed by atoms with van der Waals surface area (Å²) in [4.78, 5) is 23.7. The van der Waals surface area contributed by atoms with Gasteiger partial charge in [0.15, 0.2) is 5.16 Å². The number of hydrogen-bond acceptors (Lipinski definition) is 4. The van der Waals surface area contributed by atoms with Gasteiger partial charge in [-0.25, -0.2) is 9.97 Å². The molecule has 0 N–H and O–H groups in total. The van der Waals surface area contributed by atoms with Gasteiger partial charge in [-0.2, -0.15) is 0 Å². The first kappa shape index (κ1) is 19.4. The molecule has 2 aromatic carbocycles. The molecule has 0 saturated carbocycles. The van der Waals surface area contributed by atoms with Crippen LogP contribution in [-0.4, -0.2) is 39.6 Å². The van der Waals surface area contributed by atoms with E-state index in [4.69, 9.17) is 0 Å². The first-order valence-electron chi connectivity index (χ1n) is 9.75. The van der Waals surface area contributed by atoms with Crippen LogP contribution in [0.2, 0.25) is 0 Å². The average Bonchev–Trinajstić information content (AvgIpc) is 2.78. The van der Waals surface area contributed by atoms with Crippen molar-refractivity contribution in [1.29, 1.82) is 0 Å². The first-order valence-corrected chi connectivity index (χ1v) is 10.7. The van der Waals surface area contributed by atoms with Crippen LogP contribution >= 0.6 is 11.8 Å². The summed E-state index contributed by atoms with van der Waals surface area (Å²) in [5.41, 5.74) is 5.41. The van der Waals surface area contributed by atoms with E-state index < -0.39 is 0 Å². The molecular weight excluding hydrogens is 378 g/mol. The van der Waals surface area contributed by atoms with Crippen molar-refractivity contribution in [1.82, 2.24) is 14.9 Å². The van der Waals surface area contributed by atoms with E-state index in [9.17, 15) is 4.79 Å². The third-order valence-corrected chi connectivity index (χ3v) is 5.77. The van der Waals surface area contributed by atoms with Gasteiger partial charge < -0.3 is 4.90 Å². The Balaban J connectivity index is 1.38. The molecule has 5 heteroatoms. The third-order valence-electron chi connectivity index (χ3n) is 4.93. The molecule has 1 aliphatic rings. The molecule has 0 aliphatic carbocycles. The first-order chi connectivity index (χ1) is 14.2. The summed E-state index contributed by atoms with van der Waals surface area (Å²) in [6, 6.07) is 22.4. The van der Waals surface area contributed by atoms with Crippen LogP contribution in [0.1, 0.15) is 17.7 Å². The molecule has 4 nitrogen and oxygen atoms in total. The number of aryl methyl sites for hydroxylation is 1. The normalized spacial score (nSPS) is 13.8. The van der Waals surface area contributed by atoms with Gasteiger partial charge in [0.25, 0.3) is 0 Å². The topological polar surface area (TPSA) is 46.1 Å². The Kier molecular flexibility index (Phi) is 6.06. The lowest BCUT2D eigenvalue weighted by Gasteiger charge is -2.26. The van der Waals surface area contributed by atoms with E-state index >= 15 is 0 Å². The van der Waals surface area contributed by atoms with Gasteiger partial charge in [0.05, 0.1) is 11.4 Å². The Morgan fingerprint density at radius 1 is 1.00 bits per heavy atom. The molecule has 1 aromatic heterocycles. The Morgan fingerprint density at radius 3 is 2.34 bits per heavy atom. The molecule has 29 heavy (non-hydrogen) atoms. The number of rotatable bonds is 5. The predicted molar refractivity (Wildman–Crippen MR) is 119 cm³/mol. The van der Waals surface area contributed by atoms with E-state index in [1.54, 1.807) is 0 Å². The lowest BCUT2D eigenvalue weighted by molar-refractivity contribution is -0.127. The summed E-state index contributed by atoms with van der Waals surface area (Å²) < 4.78 is 0. The predicted octanol–water partition coefficient (Wildman–Crippen LogP) is 4.86. The molecule has 0 unspecified atom stereocenters. The largest absolute Gasteiger partial charge is 0.338 e. The maximum absolute atomic E-state index is 12.7. The molecule has 1 amide bonds. The van der Waals surface area contributed by atoms with Gasteiger partial charge in [-0.1, -0.05) is 78.5 Å². The minimum Gasteiger partial charge on any atom is -0.338 e. The van der Waals surface area contributed by atoms with Crippen LogP contribution in [0.15, 0.2) is 78.0 Å². The van der Waals surface area contributed by atoms with Gasteiger partial charge in [-0.3, -0.25) is 4.79 Å². The van der Waals surface area contributed by atoms with Gasteiger partial charge in [-0.05, 0) is 30.5 Å². The lowest BCUT2D eigenvalue weighted by atomic mass is 10.00. The number of aromatic nitrogens is 2. The Labute approximate surface area is 175 Å². The minimum absolute atomic E-state index is 0.129. The molecule has 146 valence electrons. The second-order valence-electron chi connectivity index (χ2n) is 7.02. The lowest BCUT2D eigenvalue weighted by Crippen LogP contribution is -2.35. The third kappa shape index (κ3) is 4.93. The van der Waals surface area contributed by atoms with Crippen LogP contribution in [0.4, 0.5) is 0 Å². The maximum atomic E-state index is 12.7. The van der Waals surface area contributed by atoms with E-state index in [0.29, 0.717) is 17.5 Å². The number of carbonyl (C=O) groups is 1. The van der Waals surface area contributed by atoms with Crippen LogP contribution in [0.3, 0.4) is 0 Å². The average molecular weight is 402 g/mol. The van der Waals surface area contributed by atoms with Crippen molar-refractivity contribution in [3.63, 3.8) is 0 Å². The molecule has 3 aromatic rings. The second-order valence-corrected chi connectivity index (χ2v) is 7.96. The smallest absolute Gasteiger partial charge is 0.233 e. The highest BCUT2D eigenvalue weighted by molar-refractivity contribution is 7.99. The zero-order chi connectivity index (χ0) is 20.1. The van der Waals surface area contributed by atoms with Crippen LogP contribution in [-0.2, 0) is 4.79 Å². The Morgan fingerprint density at radius 2 is 1.69 bits per heavy atom. The summed E-state index contributed by atoms with van der Waals surface area (Å²) in [6.45, 7) is 3.37. The standard InChI is InChI=1S/C24H23N3OS/c1-18-16-22(21-10-6-3-7-11-21)26-24(25-18)29-17-23(28)27-14-12-20(13-15-27)19-8-4-2-5-9-19/h2-12,16H,13-15,17H2,1H3. The van der Waals surface area contributed by atoms with Crippen molar-refractivity contribution in [2.75, 3.05) is 18.8 Å². The Hall–Kier alpha value is -2.92. The highest BCUT2D eigenvalue weighted by atomic mass is 32.2. The van der Waals surface area contributed by atoms with Crippen molar-refractivity contribution in [3.05, 3.63) is 84.1 Å². The second kappa shape index (κ2) is 9.05. The molecule has 4 rings (SSSR count). The number of hydrogen-bond donors (Lipinski definition) is 0. The fourth-order valence-corrected chi connectivity index (χ4v) is 4.20. The van der Waals surface area contributed by atoms with E-state index in [1.807, 2.05) is 54.3 Å². The SMILES string of the molecule is Cc1cc(-c2ccccc2)nc(SCC(=O)N2CC=C(c3ccccc3)CC2)n1. The van der Waals surface area contributed by atoms with Crippen LogP contribution < -0.4 is 0 Å². The van der Waals surface area contributed by atoms with Crippen LogP contribution in [0.5, 0.6) is 0 Å². The van der Waals surface area contributed by atoms with Crippen molar-refractivity contribution in [2.45, 2.75) is 18.5 Å². The van der Waals surface area contributed by atoms with Crippen molar-refractivity contribution < 1.29 is 4.79 Å². The van der Waals surface area contributed by atoms with Gasteiger partial charge >= 0.3 is 0 Å². The van der Waals surface area contributed by atoms with Crippen LogP contribution in [0.25, 0.3) is 16.8 Å². The van der Waals surface area contributed by atoms with Crippen LogP contribution in [0, 0.1) is 6.92 Å². The van der Waals surface area contributed by atoms with Gasteiger partial charge in [0.2, 0.25) is 5.91 Å². The summed E-state index contributed by atoms with van der Waals surface area (Å²) >= 11 is 1.41. The number of benzene rings is 2. The molecule has 0 saturated heterocycles. The van der Waals surface area contributed by atoms with E-state index in [2.05, 4.69) is 40.3 Å². The zero-order valence-corrected chi connectivity index (χ0v) is 17.2. The van der Waals surface area contributed by atoms with Gasteiger partial charge in [0, 0.05) is 24.3 Å². The molecule has 0 bridgehead atoms. The number of nitrogens with zero attached hydrogens (tertiary/aromatic N) is 3. The molecule has 0 radical (unpaired) electrons. The fourth-order valence-electron chi connectivity index (χ4n) is 3.39. The number of carbonyl (C=O) groups excluding carboxylic acids is 1. The van der Waals surface area contributed by atoms with Gasteiger partial charge in [-0.15, -0.1) is 0 Å². The quantitative estimate of drug-likeness (QED) is 0.452. The monoisotopic (exact) mass is 401 g/mol. The summed E-state index contributed by atoms with van der Waals surface area (Å²) in [7, 11) is 0. The molecule has 0 fully saturated rings. The molecule has 0 spiro atoms. The van der Waals surface area contributed by atoms with E-state index in [-0.39, 0.29) is 5.91 Å². The molecule has 0 atom stereocenters. The highest BCUT2D eigenvalue weighted by Gasteiger charge is 2.18. The summed E-state index contributed by atoms with van der Waals surface area (Å²) in [6.07, 6.45) is 3.05. The summed E-state index contributed by atoms with van der Waals surface area (Å²) in [5, 5.41) is 0.648. The number of thioether (sulfide) groups is 1. The Bertz CT molecular complexity index is 1020. The minimum atomic E-state index is 0.129. The van der Waals surface area contributed by atoms with Crippen molar-refractivity contribution in [3.8, 4) is 11.3 Å². The van der Waals surface area contributed by atoms with Crippen molar-refractivity contribution in [2.24, 2.45) is 0 Å². The van der Waals surface area contributed by atoms with E-state index in [0.717, 1.165) is 29.9 Å². The summed E-state index contributed by atoms with van der Waals surface area (Å²) in [5.74, 6) is 0.483. The fraction of sp³-hybridized carbons (Fsp3) is 0.208. The van der Waals surface area contributed by atoms with E-state index in [1.165, 1.54) is 22.9 Å². The molecular formula is C24H23N3OS.